The molecule has 1 aliphatic rings. The van der Waals surface area contributed by atoms with Crippen molar-refractivity contribution in [3.63, 3.8) is 0 Å². The van der Waals surface area contributed by atoms with Crippen molar-refractivity contribution in [1.82, 2.24) is 0 Å². The normalized spacial score (nSPS) is 14.2. The number of carbonyl (C=O) groups is 2. The van der Waals surface area contributed by atoms with Crippen LogP contribution < -0.4 is 14.4 Å². The van der Waals surface area contributed by atoms with Crippen molar-refractivity contribution in [1.29, 1.82) is 0 Å². The van der Waals surface area contributed by atoms with E-state index >= 15 is 0 Å². The van der Waals surface area contributed by atoms with Gasteiger partial charge in [0.05, 0.1) is 0 Å². The minimum Gasteiger partial charge on any atom is -0.435 e. The highest BCUT2D eigenvalue weighted by Crippen LogP contribution is 2.29. The highest BCUT2D eigenvalue weighted by Gasteiger charge is 2.21. The number of benzene rings is 2. The molecule has 2 aromatic carbocycles. The smallest absolute Gasteiger partial charge is 0.387 e. The largest absolute Gasteiger partial charge is 0.435 e. The monoisotopic (exact) mass is 423 g/mol. The van der Waals surface area contributed by atoms with Gasteiger partial charge in [-0.15, -0.1) is 0 Å². The van der Waals surface area contributed by atoms with E-state index in [4.69, 9.17) is 0 Å². The Morgan fingerprint density at radius 3 is 2.30 bits per heavy atom. The number of carbonyl (C=O) groups excluding carboxylic acids is 2. The number of halogens is 4. The summed E-state index contributed by atoms with van der Waals surface area (Å²) in [5, 5.41) is 0. The molecule has 3 rings (SSSR count). The lowest BCUT2D eigenvalue weighted by Crippen LogP contribution is -2.23. The summed E-state index contributed by atoms with van der Waals surface area (Å²) in [6.07, 6.45) is 3.67. The Hall–Kier alpha value is -3.36. The lowest BCUT2D eigenvalue weighted by Gasteiger charge is -2.15. The Morgan fingerprint density at radius 2 is 1.70 bits per heavy atom. The number of alkyl halides is 4. The summed E-state index contributed by atoms with van der Waals surface area (Å²) < 4.78 is 58.4. The van der Waals surface area contributed by atoms with Gasteiger partial charge in [-0.25, -0.2) is 0 Å². The zero-order valence-corrected chi connectivity index (χ0v) is 15.6. The Balaban J connectivity index is 1.75. The first-order chi connectivity index (χ1) is 14.3. The van der Waals surface area contributed by atoms with Crippen molar-refractivity contribution >= 4 is 23.5 Å². The topological polar surface area (TPSA) is 55.8 Å². The fourth-order valence-corrected chi connectivity index (χ4v) is 3.02. The number of allylic oxidation sites excluding steroid dienone is 1. The molecular weight excluding hydrogens is 406 g/mol. The predicted octanol–water partition coefficient (Wildman–Crippen LogP) is 4.91. The average molecular weight is 423 g/mol. The van der Waals surface area contributed by atoms with Crippen molar-refractivity contribution in [2.45, 2.75) is 26.1 Å². The standard InChI is InChI=1S/C21H17F4NO4/c22-20(23)29-16-9-5-14(18(12-16)30-21(24)25)6-10-17(27)13-3-7-15(8-4-13)26-11-1-2-19(26)28/h3-10,12,20-21H,1-2,11H2/b10-6+. The minimum atomic E-state index is -3.18. The number of ether oxygens (including phenoxy) is 2. The summed E-state index contributed by atoms with van der Waals surface area (Å²) in [6, 6.07) is 9.70. The quantitative estimate of drug-likeness (QED) is 0.344. The predicted molar refractivity (Wildman–Crippen MR) is 101 cm³/mol. The van der Waals surface area contributed by atoms with Gasteiger partial charge in [0, 0.05) is 35.8 Å². The zero-order valence-electron chi connectivity index (χ0n) is 15.6. The minimum absolute atomic E-state index is 0.0276. The van der Waals surface area contributed by atoms with Gasteiger partial charge in [0.2, 0.25) is 5.91 Å². The van der Waals surface area contributed by atoms with E-state index in [2.05, 4.69) is 9.47 Å². The molecule has 1 saturated heterocycles. The Bertz CT molecular complexity index is 945. The summed E-state index contributed by atoms with van der Waals surface area (Å²) >= 11 is 0. The first-order valence-electron chi connectivity index (χ1n) is 9.00. The van der Waals surface area contributed by atoms with Crippen LogP contribution in [0.15, 0.2) is 48.5 Å². The molecule has 0 saturated carbocycles. The molecule has 1 amide bonds. The first kappa shape index (κ1) is 21.4. The maximum Gasteiger partial charge on any atom is 0.387 e. The summed E-state index contributed by atoms with van der Waals surface area (Å²) in [5.74, 6) is -1.14. The molecule has 9 heteroatoms. The SMILES string of the molecule is O=C(/C=C/c1ccc(OC(F)F)cc1OC(F)F)c1ccc(N2CCCC2=O)cc1. The molecule has 0 unspecified atom stereocenters. The molecule has 1 aliphatic heterocycles. The Labute approximate surface area is 169 Å². The maximum absolute atomic E-state index is 12.6. The van der Waals surface area contributed by atoms with Gasteiger partial charge in [-0.05, 0) is 55.0 Å². The van der Waals surface area contributed by atoms with Crippen LogP contribution in [0.25, 0.3) is 6.08 Å². The number of rotatable bonds is 8. The lowest BCUT2D eigenvalue weighted by atomic mass is 10.1. The van der Waals surface area contributed by atoms with Crippen LogP contribution in [0.2, 0.25) is 0 Å². The number of anilines is 1. The van der Waals surface area contributed by atoms with E-state index in [0.29, 0.717) is 24.2 Å². The lowest BCUT2D eigenvalue weighted by molar-refractivity contribution is -0.117. The van der Waals surface area contributed by atoms with E-state index in [1.807, 2.05) is 0 Å². The molecular formula is C21H17F4NO4. The van der Waals surface area contributed by atoms with Crippen molar-refractivity contribution in [2.24, 2.45) is 0 Å². The van der Waals surface area contributed by atoms with Gasteiger partial charge in [0.1, 0.15) is 11.5 Å². The highest BCUT2D eigenvalue weighted by molar-refractivity contribution is 6.07. The molecule has 0 radical (unpaired) electrons. The first-order valence-corrected chi connectivity index (χ1v) is 9.00. The molecule has 0 N–H and O–H groups in total. The molecule has 0 aromatic heterocycles. The summed E-state index contributed by atoms with van der Waals surface area (Å²) in [6.45, 7) is -5.67. The van der Waals surface area contributed by atoms with Gasteiger partial charge >= 0.3 is 13.2 Å². The third-order valence-electron chi connectivity index (χ3n) is 4.38. The molecule has 0 spiro atoms. The van der Waals surface area contributed by atoms with Crippen LogP contribution in [0.4, 0.5) is 23.2 Å². The maximum atomic E-state index is 12.6. The molecule has 0 aliphatic carbocycles. The number of hydrogen-bond acceptors (Lipinski definition) is 4. The van der Waals surface area contributed by atoms with E-state index in [0.717, 1.165) is 24.6 Å². The average Bonchev–Trinajstić information content (AvgIpc) is 3.12. The van der Waals surface area contributed by atoms with Crippen molar-refractivity contribution in [3.05, 3.63) is 59.7 Å². The Kier molecular flexibility index (Phi) is 6.71. The van der Waals surface area contributed by atoms with Crippen LogP contribution in [0.5, 0.6) is 11.5 Å². The fourth-order valence-electron chi connectivity index (χ4n) is 3.02. The summed E-state index contributed by atoms with van der Waals surface area (Å²) in [7, 11) is 0. The third kappa shape index (κ3) is 5.37. The van der Waals surface area contributed by atoms with Crippen molar-refractivity contribution < 1.29 is 36.6 Å². The number of ketones is 1. The molecule has 0 atom stereocenters. The second-order valence-electron chi connectivity index (χ2n) is 6.35. The van der Waals surface area contributed by atoms with E-state index in [-0.39, 0.29) is 17.2 Å². The van der Waals surface area contributed by atoms with Gasteiger partial charge in [-0.1, -0.05) is 0 Å². The van der Waals surface area contributed by atoms with Gasteiger partial charge < -0.3 is 14.4 Å². The molecule has 30 heavy (non-hydrogen) atoms. The van der Waals surface area contributed by atoms with Crippen molar-refractivity contribution in [3.8, 4) is 11.5 Å². The second-order valence-corrected chi connectivity index (χ2v) is 6.35. The van der Waals surface area contributed by atoms with Crippen LogP contribution in [-0.4, -0.2) is 31.5 Å². The molecule has 2 aromatic rings. The van der Waals surface area contributed by atoms with E-state index < -0.39 is 24.8 Å². The van der Waals surface area contributed by atoms with Crippen LogP contribution >= 0.6 is 0 Å². The van der Waals surface area contributed by atoms with Crippen molar-refractivity contribution in [2.75, 3.05) is 11.4 Å². The highest BCUT2D eigenvalue weighted by atomic mass is 19.3. The van der Waals surface area contributed by atoms with Gasteiger partial charge in [-0.2, -0.15) is 17.6 Å². The molecule has 158 valence electrons. The van der Waals surface area contributed by atoms with E-state index in [1.165, 1.54) is 12.1 Å². The van der Waals surface area contributed by atoms with Gasteiger partial charge in [0.15, 0.2) is 5.78 Å². The van der Waals surface area contributed by atoms with Crippen LogP contribution in [0, 0.1) is 0 Å². The molecule has 0 bridgehead atoms. The van der Waals surface area contributed by atoms with E-state index in [9.17, 15) is 27.2 Å². The zero-order chi connectivity index (χ0) is 21.7. The van der Waals surface area contributed by atoms with E-state index in [1.54, 1.807) is 29.2 Å². The number of nitrogens with zero attached hydrogens (tertiary/aromatic N) is 1. The van der Waals surface area contributed by atoms with Gasteiger partial charge in [0.25, 0.3) is 0 Å². The van der Waals surface area contributed by atoms with Crippen LogP contribution in [0.1, 0.15) is 28.8 Å². The number of amides is 1. The van der Waals surface area contributed by atoms with Crippen LogP contribution in [-0.2, 0) is 4.79 Å². The van der Waals surface area contributed by atoms with Crippen LogP contribution in [0.3, 0.4) is 0 Å². The van der Waals surface area contributed by atoms with Gasteiger partial charge in [-0.3, -0.25) is 9.59 Å². The third-order valence-corrected chi connectivity index (χ3v) is 4.38. The Morgan fingerprint density at radius 1 is 1.00 bits per heavy atom. The second kappa shape index (κ2) is 9.43. The molecule has 1 heterocycles. The summed E-state index contributed by atoms with van der Waals surface area (Å²) in [5.41, 5.74) is 1.11. The molecule has 5 nitrogen and oxygen atoms in total. The number of hydrogen-bond donors (Lipinski definition) is 0. The molecule has 1 fully saturated rings. The summed E-state index contributed by atoms with van der Waals surface area (Å²) in [4.78, 5) is 25.8. The fraction of sp³-hybridized carbons (Fsp3) is 0.238.